The van der Waals surface area contributed by atoms with Crippen LogP contribution in [0.4, 0.5) is 0 Å². The van der Waals surface area contributed by atoms with Crippen molar-refractivity contribution in [1.82, 2.24) is 5.32 Å². The van der Waals surface area contributed by atoms with E-state index in [1.54, 1.807) is 6.42 Å². The Kier molecular flexibility index (Phi) is 11.7. The molecule has 5 heteroatoms. The van der Waals surface area contributed by atoms with Crippen LogP contribution in [0.25, 0.3) is 0 Å². The molecule has 1 amide bonds. The number of rotatable bonds is 7. The van der Waals surface area contributed by atoms with Crippen LogP contribution in [0.5, 0.6) is 0 Å². The van der Waals surface area contributed by atoms with Crippen molar-refractivity contribution >= 4 is 11.9 Å². The maximum absolute atomic E-state index is 11.4. The molecule has 0 spiro atoms. The van der Waals surface area contributed by atoms with E-state index >= 15 is 0 Å². The second kappa shape index (κ2) is 10.6. The summed E-state index contributed by atoms with van der Waals surface area (Å²) in [5.74, 6) is -0.265. The van der Waals surface area contributed by atoms with Gasteiger partial charge < -0.3 is 28.2 Å². The SMILES string of the molecule is [CH2-]CC[CH-]C(=O)NC(CC(=O)OC)C(C)C.[Zn+2]. The number of methoxy groups -OCH3 is 1. The van der Waals surface area contributed by atoms with E-state index in [0.717, 1.165) is 0 Å². The van der Waals surface area contributed by atoms with Crippen LogP contribution in [-0.4, -0.2) is 25.0 Å². The fourth-order valence-electron chi connectivity index (χ4n) is 1.19. The largest absolute Gasteiger partial charge is 2.00 e. The Morgan fingerprint density at radius 2 is 2.00 bits per heavy atom. The van der Waals surface area contributed by atoms with Gasteiger partial charge in [0.15, 0.2) is 0 Å². The van der Waals surface area contributed by atoms with E-state index in [1.807, 2.05) is 13.8 Å². The smallest absolute Gasteiger partial charge is 0.469 e. The van der Waals surface area contributed by atoms with Gasteiger partial charge in [0.25, 0.3) is 0 Å². The van der Waals surface area contributed by atoms with Gasteiger partial charge in [-0.05, 0) is 5.92 Å². The minimum absolute atomic E-state index is 0. The molecule has 0 rings (SSSR count). The number of nitrogens with one attached hydrogen (secondary N) is 1. The number of hydrogen-bond donors (Lipinski definition) is 1. The normalized spacial score (nSPS) is 11.4. The van der Waals surface area contributed by atoms with Gasteiger partial charge in [0.1, 0.15) is 0 Å². The first-order valence-electron chi connectivity index (χ1n) is 5.51. The number of unbranched alkanes of at least 4 members (excludes halogenated alkanes) is 1. The van der Waals surface area contributed by atoms with E-state index in [-0.39, 0.29) is 49.7 Å². The predicted molar refractivity (Wildman–Crippen MR) is 62.3 cm³/mol. The average molecular weight is 293 g/mol. The first kappa shape index (κ1) is 18.8. The Bertz CT molecular complexity index is 232. The third kappa shape index (κ3) is 9.16. The summed E-state index contributed by atoms with van der Waals surface area (Å²) in [6.07, 6.45) is 3.10. The molecule has 0 aromatic heterocycles. The quantitative estimate of drug-likeness (QED) is 0.440. The minimum Gasteiger partial charge on any atom is -0.469 e. The van der Waals surface area contributed by atoms with Crippen LogP contribution in [0.2, 0.25) is 0 Å². The van der Waals surface area contributed by atoms with Crippen molar-refractivity contribution in [1.29, 1.82) is 0 Å². The van der Waals surface area contributed by atoms with Gasteiger partial charge >= 0.3 is 25.4 Å². The maximum atomic E-state index is 11.4. The summed E-state index contributed by atoms with van der Waals surface area (Å²) in [5.41, 5.74) is 0. The third-order valence-electron chi connectivity index (χ3n) is 2.28. The molecular weight excluding hydrogens is 272 g/mol. The summed E-state index contributed by atoms with van der Waals surface area (Å²) in [7, 11) is 1.34. The van der Waals surface area contributed by atoms with Crippen molar-refractivity contribution in [3.8, 4) is 0 Å². The van der Waals surface area contributed by atoms with Crippen molar-refractivity contribution in [2.24, 2.45) is 5.92 Å². The molecule has 0 aliphatic rings. The molecule has 0 saturated carbocycles. The summed E-state index contributed by atoms with van der Waals surface area (Å²) < 4.78 is 4.58. The van der Waals surface area contributed by atoms with E-state index in [0.29, 0.717) is 12.8 Å². The van der Waals surface area contributed by atoms with Crippen LogP contribution < -0.4 is 5.32 Å². The van der Waals surface area contributed by atoms with Crippen LogP contribution in [0, 0.1) is 19.3 Å². The first-order chi connectivity index (χ1) is 7.51. The Balaban J connectivity index is 0. The molecule has 94 valence electrons. The zero-order chi connectivity index (χ0) is 12.6. The van der Waals surface area contributed by atoms with Gasteiger partial charge in [0, 0.05) is 6.04 Å². The van der Waals surface area contributed by atoms with Crippen LogP contribution in [0.3, 0.4) is 0 Å². The molecule has 0 aliphatic carbocycles. The molecular formula is C12H21NO3Zn. The summed E-state index contributed by atoms with van der Waals surface area (Å²) in [5, 5.41) is 2.79. The molecule has 1 atom stereocenters. The minimum atomic E-state index is -0.309. The van der Waals surface area contributed by atoms with Crippen molar-refractivity contribution in [3.63, 3.8) is 0 Å². The third-order valence-corrected chi connectivity index (χ3v) is 2.28. The standard InChI is InChI=1S/C12H21NO3.Zn/c1-5-6-7-11(14)13-10(9(2)3)8-12(15)16-4;/h7,9-10H,1,5-6,8H2,2-4H3,(H,13,14);/q-2;+2. The topological polar surface area (TPSA) is 55.4 Å². The molecule has 0 bridgehead atoms. The van der Waals surface area contributed by atoms with Crippen LogP contribution in [0.15, 0.2) is 0 Å². The van der Waals surface area contributed by atoms with Gasteiger partial charge in [-0.15, -0.1) is 0 Å². The first-order valence-corrected chi connectivity index (χ1v) is 5.51. The summed E-state index contributed by atoms with van der Waals surface area (Å²) >= 11 is 0. The molecule has 0 heterocycles. The fourth-order valence-corrected chi connectivity index (χ4v) is 1.19. The Labute approximate surface area is 117 Å². The van der Waals surface area contributed by atoms with E-state index in [1.165, 1.54) is 7.11 Å². The van der Waals surface area contributed by atoms with E-state index < -0.39 is 0 Å². The molecule has 0 radical (unpaired) electrons. The van der Waals surface area contributed by atoms with Crippen molar-refractivity contribution in [2.75, 3.05) is 7.11 Å². The van der Waals surface area contributed by atoms with Gasteiger partial charge in [-0.25, -0.2) is 6.42 Å². The van der Waals surface area contributed by atoms with Gasteiger partial charge in [-0.3, -0.25) is 4.79 Å². The van der Waals surface area contributed by atoms with Crippen molar-refractivity contribution in [3.05, 3.63) is 13.3 Å². The number of ether oxygens (including phenoxy) is 1. The molecule has 0 aliphatic heterocycles. The van der Waals surface area contributed by atoms with Crippen LogP contribution >= 0.6 is 0 Å². The molecule has 0 aromatic rings. The van der Waals surface area contributed by atoms with E-state index in [4.69, 9.17) is 0 Å². The summed E-state index contributed by atoms with van der Waals surface area (Å²) in [6, 6.07) is -0.180. The maximum Gasteiger partial charge on any atom is 2.00 e. The number of hydrogen-bond acceptors (Lipinski definition) is 3. The van der Waals surface area contributed by atoms with Crippen molar-refractivity contribution in [2.45, 2.75) is 39.2 Å². The van der Waals surface area contributed by atoms with Crippen molar-refractivity contribution < 1.29 is 33.8 Å². The number of esters is 1. The molecule has 1 N–H and O–H groups in total. The van der Waals surface area contributed by atoms with Crippen LogP contribution in [-0.2, 0) is 33.8 Å². The molecule has 0 aromatic carbocycles. The average Bonchev–Trinajstić information content (AvgIpc) is 2.24. The zero-order valence-electron chi connectivity index (χ0n) is 11.0. The second-order valence-corrected chi connectivity index (χ2v) is 3.99. The van der Waals surface area contributed by atoms with Gasteiger partial charge in [0.05, 0.1) is 19.4 Å². The van der Waals surface area contributed by atoms with Gasteiger partial charge in [0.2, 0.25) is 0 Å². The monoisotopic (exact) mass is 291 g/mol. The summed E-state index contributed by atoms with van der Waals surface area (Å²) in [4.78, 5) is 22.6. The van der Waals surface area contributed by atoms with Crippen LogP contribution in [0.1, 0.15) is 33.1 Å². The Morgan fingerprint density at radius 3 is 2.41 bits per heavy atom. The Morgan fingerprint density at radius 1 is 1.41 bits per heavy atom. The molecule has 1 unspecified atom stereocenters. The molecule has 17 heavy (non-hydrogen) atoms. The molecule has 0 saturated heterocycles. The zero-order valence-corrected chi connectivity index (χ0v) is 14.0. The number of carbonyl (C=O) groups excluding carboxylic acids is 2. The van der Waals surface area contributed by atoms with E-state index in [2.05, 4.69) is 17.0 Å². The number of carbonyl (C=O) groups is 2. The van der Waals surface area contributed by atoms with Gasteiger partial charge in [-0.2, -0.15) is 6.42 Å². The number of amides is 1. The molecule has 0 fully saturated rings. The second-order valence-electron chi connectivity index (χ2n) is 3.99. The van der Waals surface area contributed by atoms with E-state index in [9.17, 15) is 9.59 Å². The van der Waals surface area contributed by atoms with Gasteiger partial charge in [-0.1, -0.05) is 13.8 Å². The predicted octanol–water partition coefficient (Wildman–Crippen LogP) is 1.51. The Hall–Kier alpha value is -0.567. The molecule has 4 nitrogen and oxygen atoms in total. The fraction of sp³-hybridized carbons (Fsp3) is 0.667. The summed E-state index contributed by atoms with van der Waals surface area (Å²) in [6.45, 7) is 7.56.